The van der Waals surface area contributed by atoms with E-state index in [0.29, 0.717) is 5.56 Å². The Hall–Kier alpha value is -1.51. The number of carbonyl (C=O) groups excluding carboxylic acids is 1. The van der Waals surface area contributed by atoms with Gasteiger partial charge < -0.3 is 28.8 Å². The van der Waals surface area contributed by atoms with Crippen molar-refractivity contribution >= 4 is 5.97 Å². The minimum absolute atomic E-state index is 0.403. The van der Waals surface area contributed by atoms with E-state index in [-0.39, 0.29) is 0 Å². The van der Waals surface area contributed by atoms with Crippen molar-refractivity contribution in [1.29, 1.82) is 0 Å². The first-order chi connectivity index (χ1) is 12.2. The van der Waals surface area contributed by atoms with E-state index < -0.39 is 54.2 Å². The Balaban J connectivity index is 1.62. The van der Waals surface area contributed by atoms with Gasteiger partial charge >= 0.3 is 5.97 Å². The number of aliphatic hydroxyl groups is 1. The third kappa shape index (κ3) is 3.04. The van der Waals surface area contributed by atoms with Gasteiger partial charge in [-0.15, -0.1) is 0 Å². The maximum Gasteiger partial charge on any atom is 0.338 e. The van der Waals surface area contributed by atoms with E-state index in [1.54, 1.807) is 52.0 Å². The van der Waals surface area contributed by atoms with Gasteiger partial charge in [0, 0.05) is 0 Å². The van der Waals surface area contributed by atoms with Crippen molar-refractivity contribution in [3.8, 4) is 0 Å². The van der Waals surface area contributed by atoms with E-state index in [4.69, 9.17) is 23.7 Å². The molecule has 0 aromatic heterocycles. The molecule has 0 amide bonds. The van der Waals surface area contributed by atoms with E-state index in [1.165, 1.54) is 0 Å². The van der Waals surface area contributed by atoms with Crippen LogP contribution in [0.1, 0.15) is 38.1 Å². The molecule has 142 valence electrons. The highest BCUT2D eigenvalue weighted by atomic mass is 16.8. The van der Waals surface area contributed by atoms with Gasteiger partial charge in [-0.3, -0.25) is 0 Å². The summed E-state index contributed by atoms with van der Waals surface area (Å²) in [6, 6.07) is 8.64. The van der Waals surface area contributed by atoms with Gasteiger partial charge in [0.15, 0.2) is 17.7 Å². The van der Waals surface area contributed by atoms with Gasteiger partial charge in [-0.1, -0.05) is 18.2 Å². The molecule has 4 rings (SSSR count). The minimum Gasteiger partial charge on any atom is -0.453 e. The van der Waals surface area contributed by atoms with Crippen molar-refractivity contribution in [2.75, 3.05) is 0 Å². The number of esters is 1. The Morgan fingerprint density at radius 3 is 2.00 bits per heavy atom. The molecule has 1 N–H and O–H groups in total. The van der Waals surface area contributed by atoms with Crippen molar-refractivity contribution < 1.29 is 33.6 Å². The summed E-state index contributed by atoms with van der Waals surface area (Å²) in [6.45, 7) is 7.12. The van der Waals surface area contributed by atoms with Gasteiger partial charge in [-0.2, -0.15) is 0 Å². The third-order valence-corrected chi connectivity index (χ3v) is 4.90. The van der Waals surface area contributed by atoms with Crippen LogP contribution in [0, 0.1) is 0 Å². The fraction of sp³-hybridized carbons (Fsp3) is 0.632. The number of benzene rings is 1. The summed E-state index contributed by atoms with van der Waals surface area (Å²) in [4.78, 5) is 12.5. The lowest BCUT2D eigenvalue weighted by Crippen LogP contribution is -2.62. The normalized spacial score (nSPS) is 39.9. The number of aliphatic hydroxyl groups excluding tert-OH is 1. The Labute approximate surface area is 152 Å². The second kappa shape index (κ2) is 6.00. The molecule has 6 atom stereocenters. The molecular formula is C19H24O7. The molecule has 2 saturated heterocycles. The van der Waals surface area contributed by atoms with E-state index in [9.17, 15) is 9.90 Å². The van der Waals surface area contributed by atoms with Crippen molar-refractivity contribution in [2.24, 2.45) is 0 Å². The molecular weight excluding hydrogens is 340 g/mol. The van der Waals surface area contributed by atoms with Gasteiger partial charge in [0.2, 0.25) is 0 Å². The second-order valence-corrected chi connectivity index (χ2v) is 7.86. The molecule has 3 fully saturated rings. The summed E-state index contributed by atoms with van der Waals surface area (Å²) in [5.74, 6) is -2.27. The summed E-state index contributed by atoms with van der Waals surface area (Å²) in [7, 11) is 0. The van der Waals surface area contributed by atoms with Crippen LogP contribution < -0.4 is 0 Å². The standard InChI is InChI=1S/C19H24O7/c1-18(2)23-13-11(20)12(22-17(21)10-8-6-5-7-9-10)14-16(15(13)25-18)26-19(3,4)24-14/h5-9,11-16,20H,1-4H3/t11-,12-,13+,14+,15+,16+/m0/s1. The van der Waals surface area contributed by atoms with Gasteiger partial charge in [0.05, 0.1) is 5.56 Å². The Bertz CT molecular complexity index is 686. The van der Waals surface area contributed by atoms with E-state index in [0.717, 1.165) is 0 Å². The average Bonchev–Trinajstić information content (AvgIpc) is 3.07. The monoisotopic (exact) mass is 364 g/mol. The highest BCUT2D eigenvalue weighted by Gasteiger charge is 2.64. The van der Waals surface area contributed by atoms with Crippen LogP contribution in [-0.2, 0) is 23.7 Å². The highest BCUT2D eigenvalue weighted by Crippen LogP contribution is 2.45. The zero-order chi connectivity index (χ0) is 18.7. The van der Waals surface area contributed by atoms with E-state index >= 15 is 0 Å². The first-order valence-corrected chi connectivity index (χ1v) is 8.82. The molecule has 0 bridgehead atoms. The molecule has 1 aromatic rings. The molecule has 2 aliphatic heterocycles. The summed E-state index contributed by atoms with van der Waals surface area (Å²) >= 11 is 0. The number of hydrogen-bond acceptors (Lipinski definition) is 7. The smallest absolute Gasteiger partial charge is 0.338 e. The van der Waals surface area contributed by atoms with Crippen LogP contribution in [0.2, 0.25) is 0 Å². The molecule has 7 nitrogen and oxygen atoms in total. The van der Waals surface area contributed by atoms with Crippen molar-refractivity contribution in [3.63, 3.8) is 0 Å². The first kappa shape index (κ1) is 17.9. The topological polar surface area (TPSA) is 83.5 Å². The van der Waals surface area contributed by atoms with Gasteiger partial charge in [0.25, 0.3) is 0 Å². The van der Waals surface area contributed by atoms with Crippen molar-refractivity contribution in [3.05, 3.63) is 35.9 Å². The lowest BCUT2D eigenvalue weighted by molar-refractivity contribution is -0.185. The lowest BCUT2D eigenvalue weighted by Gasteiger charge is -2.40. The Kier molecular flexibility index (Phi) is 4.13. The van der Waals surface area contributed by atoms with Gasteiger partial charge in [-0.25, -0.2) is 4.79 Å². The fourth-order valence-electron chi connectivity index (χ4n) is 3.94. The third-order valence-electron chi connectivity index (χ3n) is 4.90. The number of carbonyl (C=O) groups is 1. The number of rotatable bonds is 2. The zero-order valence-corrected chi connectivity index (χ0v) is 15.2. The zero-order valence-electron chi connectivity index (χ0n) is 15.2. The summed E-state index contributed by atoms with van der Waals surface area (Å²) in [5.41, 5.74) is 0.403. The molecule has 1 aliphatic carbocycles. The Morgan fingerprint density at radius 1 is 0.885 bits per heavy atom. The summed E-state index contributed by atoms with van der Waals surface area (Å²) in [5, 5.41) is 10.9. The summed E-state index contributed by atoms with van der Waals surface area (Å²) < 4.78 is 29.4. The molecule has 3 aliphatic rings. The van der Waals surface area contributed by atoms with Crippen LogP contribution in [0.4, 0.5) is 0 Å². The minimum atomic E-state index is -1.09. The Morgan fingerprint density at radius 2 is 1.38 bits per heavy atom. The van der Waals surface area contributed by atoms with Crippen LogP contribution in [0.25, 0.3) is 0 Å². The molecule has 7 heteroatoms. The molecule has 26 heavy (non-hydrogen) atoms. The maximum absolute atomic E-state index is 12.5. The van der Waals surface area contributed by atoms with Crippen LogP contribution in [0.5, 0.6) is 0 Å². The molecule has 2 heterocycles. The van der Waals surface area contributed by atoms with E-state index in [1.807, 2.05) is 6.07 Å². The second-order valence-electron chi connectivity index (χ2n) is 7.86. The lowest BCUT2D eigenvalue weighted by atomic mass is 9.85. The predicted molar refractivity (Wildman–Crippen MR) is 89.3 cm³/mol. The van der Waals surface area contributed by atoms with Crippen molar-refractivity contribution in [2.45, 2.75) is 75.9 Å². The molecule has 1 aromatic carbocycles. The SMILES string of the molecule is CC1(C)O[C@H]2[C@@H]3OC(C)(C)O[C@@H]3[C@@H](O)[C@H](OC(=O)c3ccccc3)[C@H]2O1. The number of hydrogen-bond donors (Lipinski definition) is 1. The average molecular weight is 364 g/mol. The fourth-order valence-corrected chi connectivity index (χ4v) is 3.94. The largest absolute Gasteiger partial charge is 0.453 e. The van der Waals surface area contributed by atoms with E-state index in [2.05, 4.69) is 0 Å². The van der Waals surface area contributed by atoms with Gasteiger partial charge in [0.1, 0.15) is 30.5 Å². The predicted octanol–water partition coefficient (Wildman–Crippen LogP) is 1.63. The van der Waals surface area contributed by atoms with Gasteiger partial charge in [-0.05, 0) is 39.8 Å². The van der Waals surface area contributed by atoms with Crippen LogP contribution in [-0.4, -0.2) is 59.3 Å². The highest BCUT2D eigenvalue weighted by molar-refractivity contribution is 5.89. The quantitative estimate of drug-likeness (QED) is 0.799. The summed E-state index contributed by atoms with van der Waals surface area (Å²) in [6.07, 6.45) is -4.34. The molecule has 0 radical (unpaired) electrons. The maximum atomic E-state index is 12.5. The van der Waals surface area contributed by atoms with Crippen LogP contribution >= 0.6 is 0 Å². The van der Waals surface area contributed by atoms with Crippen LogP contribution in [0.3, 0.4) is 0 Å². The number of fused-ring (bicyclic) bond motifs is 3. The number of ether oxygens (including phenoxy) is 5. The first-order valence-electron chi connectivity index (χ1n) is 8.82. The molecule has 0 spiro atoms. The molecule has 1 saturated carbocycles. The van der Waals surface area contributed by atoms with Crippen molar-refractivity contribution in [1.82, 2.24) is 0 Å². The van der Waals surface area contributed by atoms with Crippen LogP contribution in [0.15, 0.2) is 30.3 Å². The molecule has 0 unspecified atom stereocenters.